The summed E-state index contributed by atoms with van der Waals surface area (Å²) >= 11 is 0. The summed E-state index contributed by atoms with van der Waals surface area (Å²) in [7, 11) is -8.22. The van der Waals surface area contributed by atoms with Crippen molar-refractivity contribution in [2.45, 2.75) is 56.0 Å². The van der Waals surface area contributed by atoms with Gasteiger partial charge in [-0.2, -0.15) is 9.44 Å². The summed E-state index contributed by atoms with van der Waals surface area (Å²) in [6.45, 7) is 6.39. The van der Waals surface area contributed by atoms with Crippen molar-refractivity contribution in [3.05, 3.63) is 47.5 Å². The number of nitrogens with one attached hydrogen (secondary N) is 2. The van der Waals surface area contributed by atoms with Gasteiger partial charge in [-0.15, -0.1) is 0 Å². The molecule has 0 bridgehead atoms. The van der Waals surface area contributed by atoms with Crippen LogP contribution in [0.3, 0.4) is 0 Å². The Morgan fingerprint density at radius 3 is 1.34 bits per heavy atom. The molecule has 0 radical (unpaired) electrons. The molecule has 0 fully saturated rings. The second-order valence-electron chi connectivity index (χ2n) is 9.18. The molecule has 12 heteroatoms. The van der Waals surface area contributed by atoms with E-state index in [1.807, 2.05) is 0 Å². The number of carboxylic acid groups (broad SMARTS) is 2. The maximum atomic E-state index is 12.8. The summed E-state index contributed by atoms with van der Waals surface area (Å²) in [6.07, 6.45) is 0.260. The van der Waals surface area contributed by atoms with Crippen LogP contribution in [-0.4, -0.2) is 51.1 Å². The van der Waals surface area contributed by atoms with Crippen LogP contribution < -0.4 is 9.44 Å². The van der Waals surface area contributed by atoms with Gasteiger partial charge in [0.15, 0.2) is 0 Å². The van der Waals surface area contributed by atoms with E-state index in [-0.39, 0.29) is 16.2 Å². The molecule has 1 aliphatic carbocycles. The Balaban J connectivity index is 1.90. The number of fused-ring (bicyclic) bond motifs is 3. The van der Waals surface area contributed by atoms with E-state index >= 15 is 0 Å². The van der Waals surface area contributed by atoms with Crippen molar-refractivity contribution in [2.75, 3.05) is 0 Å². The van der Waals surface area contributed by atoms with Crippen LogP contribution in [0.25, 0.3) is 11.1 Å². The maximum absolute atomic E-state index is 12.8. The molecule has 0 unspecified atom stereocenters. The Kier molecular flexibility index (Phi) is 7.42. The minimum atomic E-state index is -4.11. The van der Waals surface area contributed by atoms with Crippen LogP contribution >= 0.6 is 0 Å². The average molecular weight is 525 g/mol. The normalized spacial score (nSPS) is 15.0. The zero-order valence-corrected chi connectivity index (χ0v) is 21.3. The molecule has 0 saturated heterocycles. The summed E-state index contributed by atoms with van der Waals surface area (Å²) in [5.41, 5.74) is 2.76. The van der Waals surface area contributed by atoms with Gasteiger partial charge >= 0.3 is 11.9 Å². The van der Waals surface area contributed by atoms with Crippen molar-refractivity contribution in [2.24, 2.45) is 11.8 Å². The highest BCUT2D eigenvalue weighted by molar-refractivity contribution is 7.89. The Morgan fingerprint density at radius 2 is 1.06 bits per heavy atom. The van der Waals surface area contributed by atoms with Gasteiger partial charge in [-0.05, 0) is 64.8 Å². The van der Waals surface area contributed by atoms with Gasteiger partial charge in [0.05, 0.1) is 9.79 Å². The Labute approximate surface area is 204 Å². The number of rotatable bonds is 10. The fraction of sp³-hybridized carbons (Fsp3) is 0.391. The molecule has 0 amide bonds. The lowest BCUT2D eigenvalue weighted by molar-refractivity contribution is -0.141. The summed E-state index contributed by atoms with van der Waals surface area (Å²) in [4.78, 5) is 22.7. The van der Waals surface area contributed by atoms with E-state index in [2.05, 4.69) is 9.44 Å². The minimum Gasteiger partial charge on any atom is -0.480 e. The van der Waals surface area contributed by atoms with Crippen LogP contribution in [-0.2, 0) is 36.1 Å². The zero-order valence-electron chi connectivity index (χ0n) is 19.6. The third-order valence-corrected chi connectivity index (χ3v) is 8.75. The number of hydrogen-bond donors (Lipinski definition) is 4. The van der Waals surface area contributed by atoms with Gasteiger partial charge in [0, 0.05) is 0 Å². The monoisotopic (exact) mass is 524 g/mol. The standard InChI is InChI=1S/C23H28N2O8S2/c1-12(2)20(22(26)27)24-34(30,31)16-5-7-18-14(10-16)9-15-11-17(6-8-19(15)18)35(32,33)25-21(13(3)4)23(28)29/h5-8,10-13,20-21,24-25H,9H2,1-4H3,(H,26,27)(H,28,29)/t20-,21-/m1/s1. The lowest BCUT2D eigenvalue weighted by Gasteiger charge is -2.18. The first-order chi connectivity index (χ1) is 16.1. The number of aliphatic carboxylic acids is 2. The van der Waals surface area contributed by atoms with Gasteiger partial charge in [0.1, 0.15) is 12.1 Å². The highest BCUT2D eigenvalue weighted by Gasteiger charge is 2.31. The van der Waals surface area contributed by atoms with Crippen LogP contribution in [0, 0.1) is 11.8 Å². The molecule has 1 aliphatic rings. The smallest absolute Gasteiger partial charge is 0.322 e. The first-order valence-electron chi connectivity index (χ1n) is 10.9. The average Bonchev–Trinajstić information content (AvgIpc) is 3.12. The van der Waals surface area contributed by atoms with Crippen molar-refractivity contribution in [3.63, 3.8) is 0 Å². The summed E-state index contributed by atoms with van der Waals surface area (Å²) < 4.78 is 55.7. The lowest BCUT2D eigenvalue weighted by Crippen LogP contribution is -2.44. The number of carbonyl (C=O) groups is 2. The van der Waals surface area contributed by atoms with Crippen molar-refractivity contribution < 1.29 is 36.6 Å². The first kappa shape index (κ1) is 26.8. The lowest BCUT2D eigenvalue weighted by atomic mass is 10.1. The molecule has 0 aliphatic heterocycles. The maximum Gasteiger partial charge on any atom is 0.322 e. The van der Waals surface area contributed by atoms with Gasteiger partial charge in [-0.1, -0.05) is 39.8 Å². The van der Waals surface area contributed by atoms with E-state index in [4.69, 9.17) is 0 Å². The molecule has 2 atom stereocenters. The number of sulfonamides is 2. The van der Waals surface area contributed by atoms with E-state index in [0.29, 0.717) is 11.1 Å². The van der Waals surface area contributed by atoms with E-state index in [9.17, 15) is 36.6 Å². The quantitative estimate of drug-likeness (QED) is 0.312. The third kappa shape index (κ3) is 5.56. The number of hydrogen-bond acceptors (Lipinski definition) is 6. The molecule has 35 heavy (non-hydrogen) atoms. The van der Waals surface area contributed by atoms with E-state index in [1.165, 1.54) is 24.3 Å². The van der Waals surface area contributed by atoms with Gasteiger partial charge in [-0.3, -0.25) is 9.59 Å². The van der Waals surface area contributed by atoms with Crippen LogP contribution in [0.4, 0.5) is 0 Å². The molecule has 2 aromatic rings. The fourth-order valence-electron chi connectivity index (χ4n) is 3.91. The Bertz CT molecular complexity index is 1280. The van der Waals surface area contributed by atoms with E-state index in [0.717, 1.165) is 11.1 Å². The largest absolute Gasteiger partial charge is 0.480 e. The molecule has 0 saturated carbocycles. The van der Waals surface area contributed by atoms with Gasteiger partial charge in [0.2, 0.25) is 20.0 Å². The van der Waals surface area contributed by atoms with Crippen molar-refractivity contribution in [3.8, 4) is 11.1 Å². The van der Waals surface area contributed by atoms with Gasteiger partial charge in [0.25, 0.3) is 0 Å². The Hall–Kier alpha value is -2.80. The Morgan fingerprint density at radius 1 is 0.714 bits per heavy atom. The molecule has 4 N–H and O–H groups in total. The molecule has 3 rings (SSSR count). The van der Waals surface area contributed by atoms with Gasteiger partial charge in [-0.25, -0.2) is 16.8 Å². The summed E-state index contributed by atoms with van der Waals surface area (Å²) in [6, 6.07) is 6.28. The molecule has 0 heterocycles. The molecule has 2 aromatic carbocycles. The van der Waals surface area contributed by atoms with Crippen LogP contribution in [0.5, 0.6) is 0 Å². The van der Waals surface area contributed by atoms with Crippen molar-refractivity contribution in [1.29, 1.82) is 0 Å². The molecule has 0 aromatic heterocycles. The molecular formula is C23H28N2O8S2. The topological polar surface area (TPSA) is 167 Å². The SMILES string of the molecule is CC(C)[C@@H](NS(=O)(=O)c1ccc2c(c1)Cc1cc(S(=O)(=O)N[C@@H](C(=O)O)C(C)C)ccc1-2)C(=O)O. The number of benzene rings is 2. The van der Waals surface area contributed by atoms with Crippen molar-refractivity contribution in [1.82, 2.24) is 9.44 Å². The fourth-order valence-corrected chi connectivity index (χ4v) is 6.69. The minimum absolute atomic E-state index is 0.0910. The predicted octanol–water partition coefficient (Wildman–Crippen LogP) is 2.03. The number of carboxylic acids is 2. The summed E-state index contributed by atoms with van der Waals surface area (Å²) in [5, 5.41) is 18.6. The van der Waals surface area contributed by atoms with Crippen LogP contribution in [0.1, 0.15) is 38.8 Å². The highest BCUT2D eigenvalue weighted by Crippen LogP contribution is 2.38. The first-order valence-corrected chi connectivity index (χ1v) is 13.9. The highest BCUT2D eigenvalue weighted by atomic mass is 32.2. The second kappa shape index (κ2) is 9.69. The van der Waals surface area contributed by atoms with Gasteiger partial charge < -0.3 is 10.2 Å². The predicted molar refractivity (Wildman–Crippen MR) is 128 cm³/mol. The second-order valence-corrected chi connectivity index (χ2v) is 12.6. The van der Waals surface area contributed by atoms with E-state index < -0.39 is 55.9 Å². The molecule has 10 nitrogen and oxygen atoms in total. The van der Waals surface area contributed by atoms with Crippen molar-refractivity contribution >= 4 is 32.0 Å². The van der Waals surface area contributed by atoms with Crippen LogP contribution in [0.2, 0.25) is 0 Å². The molecule has 190 valence electrons. The molecule has 0 spiro atoms. The summed E-state index contributed by atoms with van der Waals surface area (Å²) in [5.74, 6) is -3.48. The molecular weight excluding hydrogens is 496 g/mol. The zero-order chi connectivity index (χ0) is 26.3. The third-order valence-electron chi connectivity index (χ3n) is 5.87. The van der Waals surface area contributed by atoms with Crippen LogP contribution in [0.15, 0.2) is 46.2 Å². The van der Waals surface area contributed by atoms with E-state index in [1.54, 1.807) is 39.8 Å².